The lowest BCUT2D eigenvalue weighted by Gasteiger charge is -2.30. The molecule has 0 aliphatic heterocycles. The van der Waals surface area contributed by atoms with Crippen LogP contribution in [-0.4, -0.2) is 0 Å². The molecule has 8 aromatic carbocycles. The summed E-state index contributed by atoms with van der Waals surface area (Å²) in [5.41, 5.74) is 12.0. The first-order valence-corrected chi connectivity index (χ1v) is 17.1. The van der Waals surface area contributed by atoms with Crippen LogP contribution in [0.15, 0.2) is 200 Å². The highest BCUT2D eigenvalue weighted by molar-refractivity contribution is 5.97. The van der Waals surface area contributed by atoms with E-state index in [2.05, 4.69) is 217 Å². The van der Waals surface area contributed by atoms with Gasteiger partial charge in [0.2, 0.25) is 0 Å². The second-order valence-electron chi connectivity index (χ2n) is 12.8. The number of benzene rings is 8. The van der Waals surface area contributed by atoms with Crippen molar-refractivity contribution in [2.24, 2.45) is 0 Å². The van der Waals surface area contributed by atoms with E-state index in [1.807, 2.05) is 0 Å². The zero-order chi connectivity index (χ0) is 33.3. The van der Waals surface area contributed by atoms with Crippen LogP contribution in [0.25, 0.3) is 33.0 Å². The van der Waals surface area contributed by atoms with Gasteiger partial charge in [0.1, 0.15) is 5.41 Å². The Labute approximate surface area is 293 Å². The van der Waals surface area contributed by atoms with Gasteiger partial charge < -0.3 is 4.90 Å². The van der Waals surface area contributed by atoms with Crippen LogP contribution in [0, 0.1) is 11.8 Å². The summed E-state index contributed by atoms with van der Waals surface area (Å²) < 4.78 is 0. The lowest BCUT2D eigenvalue weighted by Crippen LogP contribution is -2.25. The quantitative estimate of drug-likeness (QED) is 0.170. The average Bonchev–Trinajstić information content (AvgIpc) is 3.49. The molecule has 0 fully saturated rings. The number of hydrogen-bond acceptors (Lipinski definition) is 1. The molecule has 0 bridgehead atoms. The molecule has 0 radical (unpaired) electrons. The van der Waals surface area contributed by atoms with E-state index < -0.39 is 5.41 Å². The Morgan fingerprint density at radius 3 is 1.80 bits per heavy atom. The van der Waals surface area contributed by atoms with Crippen LogP contribution in [0.1, 0.15) is 22.3 Å². The number of para-hydroxylation sites is 1. The minimum atomic E-state index is -0.672. The molecular weight excluding hydrogens is 603 g/mol. The third kappa shape index (κ3) is 4.98. The molecule has 50 heavy (non-hydrogen) atoms. The van der Waals surface area contributed by atoms with E-state index in [1.165, 1.54) is 44.2 Å². The van der Waals surface area contributed by atoms with Crippen molar-refractivity contribution in [3.63, 3.8) is 0 Å². The van der Waals surface area contributed by atoms with E-state index in [9.17, 15) is 0 Å². The lowest BCUT2D eigenvalue weighted by molar-refractivity contribution is 0.837. The molecule has 234 valence electrons. The maximum atomic E-state index is 3.91. The molecule has 0 heterocycles. The van der Waals surface area contributed by atoms with Crippen molar-refractivity contribution >= 4 is 27.8 Å². The van der Waals surface area contributed by atoms with E-state index in [1.54, 1.807) is 0 Å². The van der Waals surface area contributed by atoms with Gasteiger partial charge in [0.05, 0.1) is 5.69 Å². The van der Waals surface area contributed by atoms with E-state index >= 15 is 0 Å². The SMILES string of the molecule is C(#CC1(c2ccccc2)c2ccccc2-c2c(N(c3ccccc3)c3ccc(-c4ccccc4)cc3)cccc21)c1ccc2ccccc2c1. The van der Waals surface area contributed by atoms with Gasteiger partial charge in [-0.1, -0.05) is 170 Å². The minimum Gasteiger partial charge on any atom is -0.310 e. The van der Waals surface area contributed by atoms with Gasteiger partial charge in [-0.15, -0.1) is 0 Å². The first-order chi connectivity index (χ1) is 24.8. The number of fused-ring (bicyclic) bond motifs is 4. The second-order valence-corrected chi connectivity index (χ2v) is 12.8. The molecule has 1 heteroatoms. The van der Waals surface area contributed by atoms with Crippen molar-refractivity contribution in [1.29, 1.82) is 0 Å². The van der Waals surface area contributed by atoms with Gasteiger partial charge in [0.25, 0.3) is 0 Å². The fraction of sp³-hybridized carbons (Fsp3) is 0.0204. The fourth-order valence-electron chi connectivity index (χ4n) is 7.57. The van der Waals surface area contributed by atoms with Crippen molar-refractivity contribution < 1.29 is 0 Å². The maximum absolute atomic E-state index is 3.91. The Balaban J connectivity index is 1.28. The zero-order valence-electron chi connectivity index (χ0n) is 27.5. The molecule has 0 N–H and O–H groups in total. The normalized spacial score (nSPS) is 14.3. The molecule has 1 aliphatic carbocycles. The Kier molecular flexibility index (Phi) is 7.34. The molecule has 9 rings (SSSR count). The molecule has 0 saturated carbocycles. The van der Waals surface area contributed by atoms with Crippen molar-refractivity contribution in [2.45, 2.75) is 5.41 Å². The molecule has 0 spiro atoms. The van der Waals surface area contributed by atoms with Gasteiger partial charge in [-0.2, -0.15) is 0 Å². The Bertz CT molecular complexity index is 2520. The predicted molar refractivity (Wildman–Crippen MR) is 209 cm³/mol. The summed E-state index contributed by atoms with van der Waals surface area (Å²) in [6.07, 6.45) is 0. The van der Waals surface area contributed by atoms with E-state index in [0.29, 0.717) is 0 Å². The van der Waals surface area contributed by atoms with Crippen LogP contribution in [0.3, 0.4) is 0 Å². The van der Waals surface area contributed by atoms with Gasteiger partial charge in [-0.05, 0) is 86.6 Å². The largest absolute Gasteiger partial charge is 0.310 e. The van der Waals surface area contributed by atoms with Gasteiger partial charge in [-0.3, -0.25) is 0 Å². The Morgan fingerprint density at radius 2 is 1.02 bits per heavy atom. The monoisotopic (exact) mass is 635 g/mol. The topological polar surface area (TPSA) is 3.24 Å². The summed E-state index contributed by atoms with van der Waals surface area (Å²) >= 11 is 0. The van der Waals surface area contributed by atoms with E-state index in [-0.39, 0.29) is 0 Å². The smallest absolute Gasteiger partial charge is 0.108 e. The highest BCUT2D eigenvalue weighted by atomic mass is 15.1. The number of anilines is 3. The van der Waals surface area contributed by atoms with E-state index in [0.717, 1.165) is 28.2 Å². The van der Waals surface area contributed by atoms with Crippen LogP contribution in [0.2, 0.25) is 0 Å². The zero-order valence-corrected chi connectivity index (χ0v) is 27.5. The van der Waals surface area contributed by atoms with Crippen LogP contribution < -0.4 is 4.90 Å². The lowest BCUT2D eigenvalue weighted by atomic mass is 9.73. The Hall–Kier alpha value is -6.62. The molecule has 1 nitrogen and oxygen atoms in total. The third-order valence-electron chi connectivity index (χ3n) is 9.89. The Morgan fingerprint density at radius 1 is 0.420 bits per heavy atom. The van der Waals surface area contributed by atoms with Crippen LogP contribution >= 0.6 is 0 Å². The number of nitrogens with zero attached hydrogens (tertiary/aromatic N) is 1. The molecule has 1 unspecified atom stereocenters. The molecule has 1 aliphatic rings. The molecule has 0 amide bonds. The summed E-state index contributed by atoms with van der Waals surface area (Å²) in [5.74, 6) is 7.58. The van der Waals surface area contributed by atoms with Crippen LogP contribution in [0.5, 0.6) is 0 Å². The van der Waals surface area contributed by atoms with Gasteiger partial charge in [0, 0.05) is 22.5 Å². The summed E-state index contributed by atoms with van der Waals surface area (Å²) in [4.78, 5) is 2.39. The van der Waals surface area contributed by atoms with Crippen LogP contribution in [0.4, 0.5) is 17.1 Å². The minimum absolute atomic E-state index is 0.672. The molecule has 0 saturated heterocycles. The summed E-state index contributed by atoms with van der Waals surface area (Å²) in [7, 11) is 0. The van der Waals surface area contributed by atoms with Crippen molar-refractivity contribution in [3.05, 3.63) is 222 Å². The number of hydrogen-bond donors (Lipinski definition) is 0. The van der Waals surface area contributed by atoms with Crippen molar-refractivity contribution in [1.82, 2.24) is 0 Å². The fourth-order valence-corrected chi connectivity index (χ4v) is 7.57. The highest BCUT2D eigenvalue weighted by Gasteiger charge is 2.45. The molecule has 1 atom stereocenters. The number of rotatable bonds is 5. The van der Waals surface area contributed by atoms with E-state index in [4.69, 9.17) is 0 Å². The highest BCUT2D eigenvalue weighted by Crippen LogP contribution is 2.56. The predicted octanol–water partition coefficient (Wildman–Crippen LogP) is 12.3. The van der Waals surface area contributed by atoms with Gasteiger partial charge in [-0.25, -0.2) is 0 Å². The maximum Gasteiger partial charge on any atom is 0.108 e. The molecular formula is C49H33N. The first kappa shape index (κ1) is 29.5. The first-order valence-electron chi connectivity index (χ1n) is 17.1. The standard InChI is InChI=1S/C49H33N/c1-4-15-37(16-5-1)39-29-31-43(32-30-39)50(42-21-8-3-9-22-42)47-26-14-25-46-48(47)44-23-12-13-24-45(44)49(46,41-19-6-2-7-20-41)34-33-36-27-28-38-17-10-11-18-40(38)35-36/h1-32,35H. The molecule has 0 aromatic heterocycles. The average molecular weight is 636 g/mol. The molecule has 8 aromatic rings. The third-order valence-corrected chi connectivity index (χ3v) is 9.89. The van der Waals surface area contributed by atoms with Crippen LogP contribution in [-0.2, 0) is 5.41 Å². The van der Waals surface area contributed by atoms with Crippen molar-refractivity contribution in [3.8, 4) is 34.1 Å². The van der Waals surface area contributed by atoms with Gasteiger partial charge >= 0.3 is 0 Å². The van der Waals surface area contributed by atoms with Crippen molar-refractivity contribution in [2.75, 3.05) is 4.90 Å². The summed E-state index contributed by atoms with van der Waals surface area (Å²) in [6.45, 7) is 0. The summed E-state index contributed by atoms with van der Waals surface area (Å²) in [6, 6.07) is 71.5. The summed E-state index contributed by atoms with van der Waals surface area (Å²) in [5, 5.41) is 2.41. The second kappa shape index (κ2) is 12.4. The van der Waals surface area contributed by atoms with Gasteiger partial charge in [0.15, 0.2) is 0 Å².